The number of aromatic nitrogens is 2. The van der Waals surface area contributed by atoms with Gasteiger partial charge in [-0.1, -0.05) is 36.4 Å². The number of amides is 1. The lowest BCUT2D eigenvalue weighted by Crippen LogP contribution is -2.42. The quantitative estimate of drug-likeness (QED) is 0.613. The van der Waals surface area contributed by atoms with Crippen LogP contribution >= 0.6 is 0 Å². The Balaban J connectivity index is 1.77. The number of hydrogen-bond acceptors (Lipinski definition) is 4. The van der Waals surface area contributed by atoms with Gasteiger partial charge in [0.05, 0.1) is 12.1 Å². The van der Waals surface area contributed by atoms with Crippen LogP contribution in [0.3, 0.4) is 0 Å². The number of para-hydroxylation sites is 1. The van der Waals surface area contributed by atoms with Crippen molar-refractivity contribution in [3.05, 3.63) is 74.8 Å². The molecule has 0 atom stereocenters. The number of halogens is 3. The highest BCUT2D eigenvalue weighted by atomic mass is 19.4. The molecular weight excluding hydrogens is 391 g/mol. The summed E-state index contributed by atoms with van der Waals surface area (Å²) in [4.78, 5) is 40.1. The van der Waals surface area contributed by atoms with Crippen molar-refractivity contribution in [3.8, 4) is 5.75 Å². The Morgan fingerprint density at radius 2 is 1.66 bits per heavy atom. The number of H-pyrrole nitrogens is 2. The van der Waals surface area contributed by atoms with Gasteiger partial charge >= 0.3 is 23.2 Å². The fourth-order valence-electron chi connectivity index (χ4n) is 2.74. The first-order valence-electron chi connectivity index (χ1n) is 8.54. The Hall–Kier alpha value is -3.56. The number of alkyl halides is 3. The van der Waals surface area contributed by atoms with Crippen LogP contribution in [0.1, 0.15) is 5.56 Å². The fourth-order valence-corrected chi connectivity index (χ4v) is 2.74. The second kappa shape index (κ2) is 8.21. The monoisotopic (exact) mass is 407 g/mol. The zero-order valence-electron chi connectivity index (χ0n) is 15.0. The first-order valence-corrected chi connectivity index (χ1v) is 8.54. The van der Waals surface area contributed by atoms with E-state index in [4.69, 9.17) is 4.74 Å². The number of hydrogen-bond donors (Lipinski definition) is 2. The molecule has 29 heavy (non-hydrogen) atoms. The van der Waals surface area contributed by atoms with Crippen LogP contribution in [0.25, 0.3) is 11.0 Å². The Bertz CT molecular complexity index is 1120. The highest BCUT2D eigenvalue weighted by Crippen LogP contribution is 2.22. The minimum Gasteiger partial charge on any atom is -0.489 e. The normalized spacial score (nSPS) is 11.4. The second-order valence-electron chi connectivity index (χ2n) is 6.15. The third-order valence-corrected chi connectivity index (χ3v) is 4.08. The lowest BCUT2D eigenvalue weighted by molar-refractivity contribution is -0.186. The molecule has 0 spiro atoms. The van der Waals surface area contributed by atoms with Crippen molar-refractivity contribution in [2.24, 2.45) is 0 Å². The van der Waals surface area contributed by atoms with Gasteiger partial charge in [-0.15, -0.1) is 0 Å². The fraction of sp³-hybridized carbons (Fsp3) is 0.211. The molecule has 0 saturated heterocycles. The van der Waals surface area contributed by atoms with Crippen molar-refractivity contribution < 1.29 is 22.7 Å². The van der Waals surface area contributed by atoms with Gasteiger partial charge in [0.25, 0.3) is 0 Å². The molecule has 152 valence electrons. The number of rotatable bonds is 6. The molecule has 1 amide bonds. The molecule has 2 N–H and O–H groups in total. The van der Waals surface area contributed by atoms with E-state index in [-0.39, 0.29) is 31.0 Å². The van der Waals surface area contributed by atoms with E-state index in [1.165, 1.54) is 12.1 Å². The SMILES string of the molecule is O=C(N(CCOc1cccc2[nH]c(=O)c(=O)[nH]c12)Cc1ccccc1)C(F)(F)F. The summed E-state index contributed by atoms with van der Waals surface area (Å²) < 4.78 is 44.3. The van der Waals surface area contributed by atoms with Crippen LogP contribution in [-0.4, -0.2) is 40.1 Å². The number of nitrogens with zero attached hydrogens (tertiary/aromatic N) is 1. The Morgan fingerprint density at radius 3 is 2.34 bits per heavy atom. The highest BCUT2D eigenvalue weighted by molar-refractivity contribution is 5.82. The number of fused-ring (bicyclic) bond motifs is 1. The molecule has 0 aliphatic heterocycles. The first-order chi connectivity index (χ1) is 13.8. The largest absolute Gasteiger partial charge is 0.489 e. The number of carbonyl (C=O) groups excluding carboxylic acids is 1. The Kier molecular flexibility index (Phi) is 5.71. The van der Waals surface area contributed by atoms with Gasteiger partial charge in [0.15, 0.2) is 0 Å². The van der Waals surface area contributed by atoms with Crippen LogP contribution in [-0.2, 0) is 11.3 Å². The maximum atomic E-state index is 12.9. The van der Waals surface area contributed by atoms with Crippen molar-refractivity contribution in [2.45, 2.75) is 12.7 Å². The molecule has 2 aromatic carbocycles. The first kappa shape index (κ1) is 20.2. The average Bonchev–Trinajstić information content (AvgIpc) is 2.68. The lowest BCUT2D eigenvalue weighted by Gasteiger charge is -2.24. The van der Waals surface area contributed by atoms with Crippen molar-refractivity contribution in [1.82, 2.24) is 14.9 Å². The van der Waals surface area contributed by atoms with Crippen LogP contribution in [0.2, 0.25) is 0 Å². The molecule has 0 saturated carbocycles. The van der Waals surface area contributed by atoms with Crippen LogP contribution in [0.15, 0.2) is 58.1 Å². The Morgan fingerprint density at radius 1 is 0.966 bits per heavy atom. The average molecular weight is 407 g/mol. The molecule has 0 radical (unpaired) electrons. The minimum atomic E-state index is -5.01. The van der Waals surface area contributed by atoms with E-state index in [1.54, 1.807) is 36.4 Å². The van der Waals surface area contributed by atoms with Crippen molar-refractivity contribution in [3.63, 3.8) is 0 Å². The lowest BCUT2D eigenvalue weighted by atomic mass is 10.2. The van der Waals surface area contributed by atoms with Gasteiger partial charge in [0, 0.05) is 6.54 Å². The Labute approximate surface area is 161 Å². The number of benzene rings is 2. The molecule has 10 heteroatoms. The molecule has 3 rings (SSSR count). The van der Waals surface area contributed by atoms with E-state index < -0.39 is 23.2 Å². The summed E-state index contributed by atoms with van der Waals surface area (Å²) in [6, 6.07) is 12.8. The molecule has 0 aliphatic rings. The molecule has 1 aromatic heterocycles. The zero-order chi connectivity index (χ0) is 21.0. The van der Waals surface area contributed by atoms with Crippen molar-refractivity contribution in [2.75, 3.05) is 13.2 Å². The van der Waals surface area contributed by atoms with Crippen molar-refractivity contribution in [1.29, 1.82) is 0 Å². The molecule has 0 unspecified atom stereocenters. The third kappa shape index (κ3) is 4.84. The summed E-state index contributed by atoms with van der Waals surface area (Å²) in [5.74, 6) is -1.81. The van der Waals surface area contributed by atoms with Crippen LogP contribution in [0, 0.1) is 0 Å². The standard InChI is InChI=1S/C19H16F3N3O4/c20-19(21,22)18(28)25(11-12-5-2-1-3-6-12)9-10-29-14-8-4-7-13-15(14)24-17(27)16(26)23-13/h1-8H,9-11H2,(H,23,26)(H,24,27). The maximum Gasteiger partial charge on any atom is 0.471 e. The van der Waals surface area contributed by atoms with E-state index in [2.05, 4.69) is 9.97 Å². The number of ether oxygens (including phenoxy) is 1. The number of aromatic amines is 2. The van der Waals surface area contributed by atoms with Gasteiger partial charge in [-0.25, -0.2) is 0 Å². The topological polar surface area (TPSA) is 95.3 Å². The molecular formula is C19H16F3N3O4. The van der Waals surface area contributed by atoms with E-state index in [0.29, 0.717) is 16.0 Å². The molecule has 3 aromatic rings. The van der Waals surface area contributed by atoms with Crippen LogP contribution in [0.5, 0.6) is 5.75 Å². The highest BCUT2D eigenvalue weighted by Gasteiger charge is 2.42. The van der Waals surface area contributed by atoms with Gasteiger partial charge in [-0.3, -0.25) is 14.4 Å². The minimum absolute atomic E-state index is 0.162. The predicted molar refractivity (Wildman–Crippen MR) is 98.6 cm³/mol. The van der Waals surface area contributed by atoms with Gasteiger partial charge in [0.1, 0.15) is 17.9 Å². The second-order valence-corrected chi connectivity index (χ2v) is 6.15. The smallest absolute Gasteiger partial charge is 0.471 e. The molecule has 0 bridgehead atoms. The summed E-state index contributed by atoms with van der Waals surface area (Å²) in [6.07, 6.45) is -5.01. The summed E-state index contributed by atoms with van der Waals surface area (Å²) in [5.41, 5.74) is -0.670. The number of nitrogens with one attached hydrogen (secondary N) is 2. The predicted octanol–water partition coefficient (Wildman–Crippen LogP) is 2.19. The summed E-state index contributed by atoms with van der Waals surface area (Å²) in [7, 11) is 0. The van der Waals surface area contributed by atoms with Crippen LogP contribution < -0.4 is 15.9 Å². The zero-order valence-corrected chi connectivity index (χ0v) is 15.0. The van der Waals surface area contributed by atoms with E-state index in [9.17, 15) is 27.6 Å². The van der Waals surface area contributed by atoms with E-state index in [1.807, 2.05) is 0 Å². The summed E-state index contributed by atoms with van der Waals surface area (Å²) in [5, 5.41) is 0. The van der Waals surface area contributed by atoms with Gasteiger partial charge in [0.2, 0.25) is 0 Å². The third-order valence-electron chi connectivity index (χ3n) is 4.08. The van der Waals surface area contributed by atoms with Gasteiger partial charge in [-0.05, 0) is 17.7 Å². The molecule has 0 aliphatic carbocycles. The summed E-state index contributed by atoms with van der Waals surface area (Å²) >= 11 is 0. The number of carbonyl (C=O) groups is 1. The molecule has 0 fully saturated rings. The maximum absolute atomic E-state index is 12.9. The van der Waals surface area contributed by atoms with Gasteiger partial charge < -0.3 is 19.6 Å². The van der Waals surface area contributed by atoms with Crippen LogP contribution in [0.4, 0.5) is 13.2 Å². The molecule has 7 nitrogen and oxygen atoms in total. The van der Waals surface area contributed by atoms with E-state index in [0.717, 1.165) is 0 Å². The van der Waals surface area contributed by atoms with Gasteiger partial charge in [-0.2, -0.15) is 13.2 Å². The van der Waals surface area contributed by atoms with Crippen molar-refractivity contribution >= 4 is 16.9 Å². The van der Waals surface area contributed by atoms with E-state index >= 15 is 0 Å². The molecule has 1 heterocycles. The summed E-state index contributed by atoms with van der Waals surface area (Å²) in [6.45, 7) is -0.825.